The topological polar surface area (TPSA) is 94.6 Å². The Kier molecular flexibility index (Phi) is 5.55. The molecule has 31 heavy (non-hydrogen) atoms. The third kappa shape index (κ3) is 3.94. The van der Waals surface area contributed by atoms with E-state index in [0.717, 1.165) is 21.6 Å². The summed E-state index contributed by atoms with van der Waals surface area (Å²) in [4.78, 5) is 17.2. The van der Waals surface area contributed by atoms with Crippen LogP contribution in [0.4, 0.5) is 0 Å². The second-order valence-corrected chi connectivity index (χ2v) is 9.49. The molecule has 0 radical (unpaired) electrons. The Hall–Kier alpha value is -3.17. The van der Waals surface area contributed by atoms with E-state index < -0.39 is 16.0 Å². The van der Waals surface area contributed by atoms with Crippen LogP contribution in [-0.4, -0.2) is 42.3 Å². The van der Waals surface area contributed by atoms with E-state index >= 15 is 0 Å². The summed E-state index contributed by atoms with van der Waals surface area (Å²) in [6.07, 6.45) is 0.841. The Balaban J connectivity index is 1.62. The maximum absolute atomic E-state index is 12.5. The van der Waals surface area contributed by atoms with Crippen molar-refractivity contribution in [2.45, 2.75) is 31.4 Å². The van der Waals surface area contributed by atoms with Crippen molar-refractivity contribution < 1.29 is 22.4 Å². The number of carbonyl (C=O) groups excluding carboxylic acids is 1. The molecule has 0 bridgehead atoms. The summed E-state index contributed by atoms with van der Waals surface area (Å²) in [5.41, 5.74) is 1.93. The Morgan fingerprint density at radius 2 is 1.94 bits per heavy atom. The molecule has 8 nitrogen and oxygen atoms in total. The van der Waals surface area contributed by atoms with E-state index in [1.165, 1.54) is 14.1 Å². The minimum Gasteiger partial charge on any atom is -0.452 e. The lowest BCUT2D eigenvalue weighted by Crippen LogP contribution is -2.22. The fourth-order valence-corrected chi connectivity index (χ4v) is 4.32. The van der Waals surface area contributed by atoms with Crippen molar-refractivity contribution in [3.8, 4) is 0 Å². The van der Waals surface area contributed by atoms with Crippen molar-refractivity contribution in [2.75, 3.05) is 14.1 Å². The number of aryl methyl sites for hydroxylation is 1. The number of benzene rings is 2. The highest BCUT2D eigenvalue weighted by molar-refractivity contribution is 7.89. The molecule has 0 aliphatic carbocycles. The van der Waals surface area contributed by atoms with Crippen LogP contribution in [0.5, 0.6) is 0 Å². The maximum atomic E-state index is 12.5. The van der Waals surface area contributed by atoms with Gasteiger partial charge in [-0.3, -0.25) is 0 Å². The van der Waals surface area contributed by atoms with Gasteiger partial charge in [-0.25, -0.2) is 22.5 Å². The van der Waals surface area contributed by atoms with E-state index in [9.17, 15) is 13.2 Å². The van der Waals surface area contributed by atoms with Crippen LogP contribution in [0.25, 0.3) is 22.0 Å². The Labute approximate surface area is 180 Å². The van der Waals surface area contributed by atoms with E-state index in [1.807, 2.05) is 29.7 Å². The van der Waals surface area contributed by atoms with Crippen LogP contribution in [0.15, 0.2) is 57.8 Å². The normalized spacial score (nSPS) is 12.1. The van der Waals surface area contributed by atoms with E-state index in [2.05, 4.69) is 4.98 Å². The number of fused-ring (bicyclic) bond motifs is 2. The molecule has 0 saturated carbocycles. The summed E-state index contributed by atoms with van der Waals surface area (Å²) in [6.45, 7) is 2.63. The lowest BCUT2D eigenvalue weighted by atomic mass is 10.2. The van der Waals surface area contributed by atoms with E-state index in [0.29, 0.717) is 23.5 Å². The zero-order chi connectivity index (χ0) is 22.2. The van der Waals surface area contributed by atoms with Crippen molar-refractivity contribution in [1.29, 1.82) is 0 Å². The number of para-hydroxylation sites is 1. The molecule has 4 rings (SSSR count). The van der Waals surface area contributed by atoms with Gasteiger partial charge in [-0.1, -0.05) is 25.1 Å². The van der Waals surface area contributed by atoms with Gasteiger partial charge in [-0.2, -0.15) is 0 Å². The van der Waals surface area contributed by atoms with Crippen LogP contribution in [-0.2, 0) is 27.9 Å². The Morgan fingerprint density at radius 3 is 2.65 bits per heavy atom. The monoisotopic (exact) mass is 441 g/mol. The summed E-state index contributed by atoms with van der Waals surface area (Å²) in [7, 11) is -0.604. The number of aromatic nitrogens is 2. The van der Waals surface area contributed by atoms with Crippen LogP contribution in [0.3, 0.4) is 0 Å². The molecule has 2 aromatic heterocycles. The predicted octanol–water partition coefficient (Wildman–Crippen LogP) is 3.80. The maximum Gasteiger partial charge on any atom is 0.374 e. The Morgan fingerprint density at radius 1 is 1.16 bits per heavy atom. The van der Waals surface area contributed by atoms with Gasteiger partial charge in [0.05, 0.1) is 15.9 Å². The third-order valence-electron chi connectivity index (χ3n) is 4.98. The predicted molar refractivity (Wildman–Crippen MR) is 116 cm³/mol. The average molecular weight is 442 g/mol. The van der Waals surface area contributed by atoms with Crippen molar-refractivity contribution >= 4 is 38.0 Å². The molecule has 2 aromatic carbocycles. The van der Waals surface area contributed by atoms with Gasteiger partial charge in [-0.15, -0.1) is 0 Å². The first-order valence-electron chi connectivity index (χ1n) is 9.88. The number of esters is 1. The lowest BCUT2D eigenvalue weighted by Gasteiger charge is -2.11. The van der Waals surface area contributed by atoms with Gasteiger partial charge in [0.1, 0.15) is 18.0 Å². The summed E-state index contributed by atoms with van der Waals surface area (Å²) in [6, 6.07) is 13.8. The molecular formula is C22H23N3O5S. The number of rotatable bonds is 7. The van der Waals surface area contributed by atoms with Crippen LogP contribution >= 0.6 is 0 Å². The molecule has 0 N–H and O–H groups in total. The summed E-state index contributed by atoms with van der Waals surface area (Å²) < 4.78 is 39.0. The molecule has 0 fully saturated rings. The Bertz CT molecular complexity index is 1340. The zero-order valence-corrected chi connectivity index (χ0v) is 18.3. The number of hydrogen-bond acceptors (Lipinski definition) is 6. The highest BCUT2D eigenvalue weighted by Crippen LogP contribution is 2.24. The average Bonchev–Trinajstić information content (AvgIpc) is 3.33. The number of nitrogens with zero attached hydrogens (tertiary/aromatic N) is 3. The highest BCUT2D eigenvalue weighted by atomic mass is 32.2. The molecule has 0 aliphatic heterocycles. The molecule has 0 amide bonds. The highest BCUT2D eigenvalue weighted by Gasteiger charge is 2.21. The van der Waals surface area contributed by atoms with E-state index in [4.69, 9.17) is 9.15 Å². The van der Waals surface area contributed by atoms with Crippen LogP contribution in [0, 0.1) is 0 Å². The number of furan rings is 1. The molecule has 0 aliphatic rings. The molecule has 9 heteroatoms. The van der Waals surface area contributed by atoms with E-state index in [-0.39, 0.29) is 17.3 Å². The zero-order valence-electron chi connectivity index (χ0n) is 17.5. The lowest BCUT2D eigenvalue weighted by molar-refractivity contribution is 0.0424. The quantitative estimate of drug-likeness (QED) is 0.405. The number of sulfonamides is 1. The smallest absolute Gasteiger partial charge is 0.374 e. The van der Waals surface area contributed by atoms with Crippen molar-refractivity contribution in [2.24, 2.45) is 0 Å². The number of ether oxygens (including phenoxy) is 1. The molecule has 0 spiro atoms. The molecule has 0 unspecified atom stereocenters. The minimum absolute atomic E-state index is 0.0552. The summed E-state index contributed by atoms with van der Waals surface area (Å²) >= 11 is 0. The molecule has 2 heterocycles. The fourth-order valence-electron chi connectivity index (χ4n) is 3.40. The van der Waals surface area contributed by atoms with Crippen molar-refractivity contribution in [1.82, 2.24) is 13.9 Å². The van der Waals surface area contributed by atoms with Gasteiger partial charge in [0.25, 0.3) is 0 Å². The minimum atomic E-state index is -3.57. The summed E-state index contributed by atoms with van der Waals surface area (Å²) in [5.74, 6) is 0.0848. The first-order valence-corrected chi connectivity index (χ1v) is 11.3. The number of hydrogen-bond donors (Lipinski definition) is 0. The second-order valence-electron chi connectivity index (χ2n) is 7.34. The fraction of sp³-hybridized carbons (Fsp3) is 0.273. The third-order valence-corrected chi connectivity index (χ3v) is 6.79. The van der Waals surface area contributed by atoms with Crippen LogP contribution < -0.4 is 0 Å². The summed E-state index contributed by atoms with van der Waals surface area (Å²) in [5, 5.41) is 0.822. The van der Waals surface area contributed by atoms with Gasteiger partial charge >= 0.3 is 5.97 Å². The van der Waals surface area contributed by atoms with Crippen molar-refractivity contribution in [3.05, 3.63) is 60.1 Å². The van der Waals surface area contributed by atoms with Crippen LogP contribution in [0.2, 0.25) is 0 Å². The second kappa shape index (κ2) is 8.16. The molecule has 4 aromatic rings. The molecule has 162 valence electrons. The van der Waals surface area contributed by atoms with Gasteiger partial charge in [0, 0.05) is 26.0 Å². The van der Waals surface area contributed by atoms with Gasteiger partial charge in [0.2, 0.25) is 15.8 Å². The standard InChI is InChI=1S/C22H23N3O5S/c1-4-11-25-18-10-9-16(31(27,28)24(2)3)13-17(18)23-21(25)14-29-22(26)20-12-15-7-5-6-8-19(15)30-20/h5-10,12-13H,4,11,14H2,1-3H3. The SMILES string of the molecule is CCCn1c(COC(=O)c2cc3ccccc3o2)nc2cc(S(=O)(=O)N(C)C)ccc21. The first kappa shape index (κ1) is 21.1. The largest absolute Gasteiger partial charge is 0.452 e. The first-order chi connectivity index (χ1) is 14.8. The van der Waals surface area contributed by atoms with Crippen molar-refractivity contribution in [3.63, 3.8) is 0 Å². The number of carbonyl (C=O) groups is 1. The van der Waals surface area contributed by atoms with Gasteiger partial charge in [-0.05, 0) is 36.8 Å². The van der Waals surface area contributed by atoms with E-state index in [1.54, 1.807) is 30.3 Å². The number of imidazole rings is 1. The van der Waals surface area contributed by atoms with Crippen LogP contribution in [0.1, 0.15) is 29.7 Å². The van der Waals surface area contributed by atoms with Gasteiger partial charge < -0.3 is 13.7 Å². The molecular weight excluding hydrogens is 418 g/mol. The van der Waals surface area contributed by atoms with Gasteiger partial charge in [0.15, 0.2) is 0 Å². The molecule has 0 saturated heterocycles. The molecule has 0 atom stereocenters.